The molecule has 0 aromatic heterocycles. The summed E-state index contributed by atoms with van der Waals surface area (Å²) >= 11 is 0. The van der Waals surface area contributed by atoms with E-state index in [1.165, 1.54) is 6.42 Å². The molecule has 1 rings (SSSR count). The van der Waals surface area contributed by atoms with Crippen LogP contribution in [0.3, 0.4) is 0 Å². The summed E-state index contributed by atoms with van der Waals surface area (Å²) in [6, 6.07) is 0.468. The molecule has 1 saturated heterocycles. The number of rotatable bonds is 6. The van der Waals surface area contributed by atoms with Crippen molar-refractivity contribution in [2.75, 3.05) is 24.6 Å². The first-order chi connectivity index (χ1) is 7.91. The topological polar surface area (TPSA) is 80.5 Å². The number of carbonyl (C=O) groups excluding carboxylic acids is 1. The molecule has 1 heterocycles. The molecule has 0 spiro atoms. The van der Waals surface area contributed by atoms with E-state index in [1.807, 2.05) is 0 Å². The molecular formula is C11H22N2O3S. The molecule has 100 valence electrons. The van der Waals surface area contributed by atoms with Gasteiger partial charge in [0.25, 0.3) is 0 Å². The molecule has 0 aliphatic carbocycles. The lowest BCUT2D eigenvalue weighted by Crippen LogP contribution is -2.40. The van der Waals surface area contributed by atoms with Crippen LogP contribution in [0.15, 0.2) is 0 Å². The Morgan fingerprint density at radius 1 is 1.35 bits per heavy atom. The van der Waals surface area contributed by atoms with Crippen LogP contribution in [-0.2, 0) is 14.6 Å². The third kappa shape index (κ3) is 5.50. The summed E-state index contributed by atoms with van der Waals surface area (Å²) in [7, 11) is -3.14. The van der Waals surface area contributed by atoms with E-state index in [2.05, 4.69) is 11.8 Å². The normalized spacial score (nSPS) is 22.5. The van der Waals surface area contributed by atoms with Gasteiger partial charge in [0.05, 0.1) is 11.5 Å². The van der Waals surface area contributed by atoms with Gasteiger partial charge in [-0.1, -0.05) is 6.42 Å². The summed E-state index contributed by atoms with van der Waals surface area (Å²) in [5, 5.41) is 0. The van der Waals surface area contributed by atoms with Crippen LogP contribution < -0.4 is 5.73 Å². The second-order valence-electron chi connectivity index (χ2n) is 4.75. The fraction of sp³-hybridized carbons (Fsp3) is 0.909. The van der Waals surface area contributed by atoms with E-state index in [-0.39, 0.29) is 17.9 Å². The van der Waals surface area contributed by atoms with E-state index < -0.39 is 15.7 Å². The van der Waals surface area contributed by atoms with Crippen LogP contribution >= 0.6 is 0 Å². The largest absolute Gasteiger partial charge is 0.370 e. The maximum Gasteiger partial charge on any atom is 0.218 e. The molecule has 6 heteroatoms. The number of sulfone groups is 1. The van der Waals surface area contributed by atoms with E-state index in [4.69, 9.17) is 5.73 Å². The maximum absolute atomic E-state index is 11.6. The van der Waals surface area contributed by atoms with Crippen molar-refractivity contribution in [3.8, 4) is 0 Å². The van der Waals surface area contributed by atoms with Crippen molar-refractivity contribution in [1.82, 2.24) is 4.90 Å². The number of amides is 1. The Bertz CT molecular complexity index is 354. The summed E-state index contributed by atoms with van der Waals surface area (Å²) in [6.07, 6.45) is 3.44. The molecule has 1 aliphatic heterocycles. The first kappa shape index (κ1) is 14.4. The van der Waals surface area contributed by atoms with Crippen LogP contribution in [0, 0.1) is 0 Å². The van der Waals surface area contributed by atoms with Gasteiger partial charge in [-0.15, -0.1) is 0 Å². The van der Waals surface area contributed by atoms with Crippen molar-refractivity contribution in [2.45, 2.75) is 38.6 Å². The highest BCUT2D eigenvalue weighted by molar-refractivity contribution is 7.91. The van der Waals surface area contributed by atoms with Gasteiger partial charge in [0.1, 0.15) is 0 Å². The third-order valence-electron chi connectivity index (χ3n) is 3.29. The Balaban J connectivity index is 2.35. The molecule has 0 aromatic carbocycles. The second kappa shape index (κ2) is 6.35. The van der Waals surface area contributed by atoms with Crippen LogP contribution in [0.25, 0.3) is 0 Å². The van der Waals surface area contributed by atoms with E-state index in [0.29, 0.717) is 12.6 Å². The van der Waals surface area contributed by atoms with Gasteiger partial charge in [0.15, 0.2) is 9.84 Å². The molecule has 0 radical (unpaired) electrons. The fourth-order valence-corrected chi connectivity index (χ4v) is 3.33. The van der Waals surface area contributed by atoms with Crippen LogP contribution in [0.1, 0.15) is 32.6 Å². The van der Waals surface area contributed by atoms with Crippen molar-refractivity contribution >= 4 is 15.7 Å². The fourth-order valence-electron chi connectivity index (χ4n) is 2.10. The van der Waals surface area contributed by atoms with E-state index in [0.717, 1.165) is 19.4 Å². The Morgan fingerprint density at radius 2 is 2.06 bits per heavy atom. The van der Waals surface area contributed by atoms with Crippen LogP contribution in [0.2, 0.25) is 0 Å². The average Bonchev–Trinajstić information content (AvgIpc) is 2.26. The molecule has 1 amide bonds. The minimum atomic E-state index is -3.14. The molecule has 0 bridgehead atoms. The summed E-state index contributed by atoms with van der Waals surface area (Å²) in [5.74, 6) is -0.547. The molecule has 1 aliphatic rings. The van der Waals surface area contributed by atoms with Gasteiger partial charge in [-0.25, -0.2) is 8.42 Å². The van der Waals surface area contributed by atoms with Gasteiger partial charge in [-0.05, 0) is 26.3 Å². The van der Waals surface area contributed by atoms with Crippen LogP contribution in [0.5, 0.6) is 0 Å². The van der Waals surface area contributed by atoms with Crippen LogP contribution in [-0.4, -0.2) is 49.9 Å². The Morgan fingerprint density at radius 3 is 2.65 bits per heavy atom. The number of piperidine rings is 1. The molecule has 0 aromatic rings. The Labute approximate surface area is 103 Å². The Hall–Kier alpha value is -0.620. The molecule has 1 fully saturated rings. The SMILES string of the molecule is CC1CCCCN1CCS(=O)(=O)CCC(N)=O. The van der Waals surface area contributed by atoms with Crippen molar-refractivity contribution in [3.05, 3.63) is 0 Å². The standard InChI is InChI=1S/C11H22N2O3S/c1-10-4-2-3-6-13(10)7-9-17(15,16)8-5-11(12)14/h10H,2-9H2,1H3,(H2,12,14). The molecule has 17 heavy (non-hydrogen) atoms. The zero-order chi connectivity index (χ0) is 12.9. The Kier molecular flexibility index (Phi) is 5.39. The average molecular weight is 262 g/mol. The summed E-state index contributed by atoms with van der Waals surface area (Å²) in [5.41, 5.74) is 4.95. The van der Waals surface area contributed by atoms with Gasteiger partial charge in [-0.2, -0.15) is 0 Å². The summed E-state index contributed by atoms with van der Waals surface area (Å²) < 4.78 is 23.3. The summed E-state index contributed by atoms with van der Waals surface area (Å²) in [6.45, 7) is 3.68. The number of nitrogens with two attached hydrogens (primary N) is 1. The molecule has 0 saturated carbocycles. The first-order valence-corrected chi connectivity index (χ1v) is 7.95. The van der Waals surface area contributed by atoms with Gasteiger partial charge < -0.3 is 5.73 Å². The lowest BCUT2D eigenvalue weighted by Gasteiger charge is -2.33. The lowest BCUT2D eigenvalue weighted by molar-refractivity contribution is -0.117. The number of hydrogen-bond acceptors (Lipinski definition) is 4. The quantitative estimate of drug-likeness (QED) is 0.739. The number of carbonyl (C=O) groups is 1. The van der Waals surface area contributed by atoms with Gasteiger partial charge in [0.2, 0.25) is 5.91 Å². The molecule has 5 nitrogen and oxygen atoms in total. The number of nitrogens with zero attached hydrogens (tertiary/aromatic N) is 1. The smallest absolute Gasteiger partial charge is 0.218 e. The van der Waals surface area contributed by atoms with Gasteiger partial charge in [0, 0.05) is 19.0 Å². The van der Waals surface area contributed by atoms with Crippen molar-refractivity contribution in [3.63, 3.8) is 0 Å². The van der Waals surface area contributed by atoms with Crippen molar-refractivity contribution in [2.24, 2.45) is 5.73 Å². The lowest BCUT2D eigenvalue weighted by atomic mass is 10.0. The highest BCUT2D eigenvalue weighted by atomic mass is 32.2. The van der Waals surface area contributed by atoms with E-state index in [1.54, 1.807) is 0 Å². The highest BCUT2D eigenvalue weighted by Gasteiger charge is 2.20. The second-order valence-corrected chi connectivity index (χ2v) is 7.05. The molecule has 2 N–H and O–H groups in total. The highest BCUT2D eigenvalue weighted by Crippen LogP contribution is 2.16. The number of likely N-dealkylation sites (tertiary alicyclic amines) is 1. The predicted molar refractivity (Wildman–Crippen MR) is 67.4 cm³/mol. The van der Waals surface area contributed by atoms with E-state index in [9.17, 15) is 13.2 Å². The predicted octanol–water partition coefficient (Wildman–Crippen LogP) is 0.151. The summed E-state index contributed by atoms with van der Waals surface area (Å²) in [4.78, 5) is 12.8. The molecule has 1 unspecified atom stereocenters. The zero-order valence-corrected chi connectivity index (χ0v) is 11.2. The van der Waals surface area contributed by atoms with Gasteiger partial charge in [-0.3, -0.25) is 9.69 Å². The third-order valence-corrected chi connectivity index (χ3v) is 4.92. The van der Waals surface area contributed by atoms with Crippen molar-refractivity contribution < 1.29 is 13.2 Å². The van der Waals surface area contributed by atoms with Gasteiger partial charge >= 0.3 is 0 Å². The monoisotopic (exact) mass is 262 g/mol. The zero-order valence-electron chi connectivity index (χ0n) is 10.4. The number of hydrogen-bond donors (Lipinski definition) is 1. The molecular weight excluding hydrogens is 240 g/mol. The molecule has 1 atom stereocenters. The van der Waals surface area contributed by atoms with Crippen molar-refractivity contribution in [1.29, 1.82) is 0 Å². The first-order valence-electron chi connectivity index (χ1n) is 6.13. The maximum atomic E-state index is 11.6. The minimum Gasteiger partial charge on any atom is -0.370 e. The number of primary amides is 1. The van der Waals surface area contributed by atoms with E-state index >= 15 is 0 Å². The van der Waals surface area contributed by atoms with Crippen LogP contribution in [0.4, 0.5) is 0 Å². The minimum absolute atomic E-state index is 0.0715.